The largest absolute Gasteiger partial charge is 0.455 e. The van der Waals surface area contributed by atoms with Gasteiger partial charge in [-0.05, 0) is 65.7 Å². The van der Waals surface area contributed by atoms with Gasteiger partial charge in [0, 0.05) is 54.4 Å². The number of para-hydroxylation sites is 5. The highest BCUT2D eigenvalue weighted by Crippen LogP contribution is 2.43. The second-order valence-electron chi connectivity index (χ2n) is 19.9. The summed E-state index contributed by atoms with van der Waals surface area (Å²) in [5, 5.41) is 9.80. The molecular formula is C71H43N7O2. The van der Waals surface area contributed by atoms with Gasteiger partial charge in [0.2, 0.25) is 11.9 Å². The van der Waals surface area contributed by atoms with E-state index in [1.54, 1.807) is 0 Å². The fourth-order valence-corrected chi connectivity index (χ4v) is 11.6. The molecule has 0 aliphatic carbocycles. The Hall–Kier alpha value is -11.0. The van der Waals surface area contributed by atoms with Crippen molar-refractivity contribution in [2.45, 2.75) is 0 Å². The Morgan fingerprint density at radius 1 is 0.250 bits per heavy atom. The number of furan rings is 2. The molecule has 0 unspecified atom stereocenters. The van der Waals surface area contributed by atoms with Crippen molar-refractivity contribution in [2.75, 3.05) is 0 Å². The summed E-state index contributed by atoms with van der Waals surface area (Å²) in [4.78, 5) is 25.3. The highest BCUT2D eigenvalue weighted by Gasteiger charge is 2.23. The third-order valence-electron chi connectivity index (χ3n) is 15.3. The summed E-state index contributed by atoms with van der Waals surface area (Å²) in [6.07, 6.45) is 0. The summed E-state index contributed by atoms with van der Waals surface area (Å²) in [5.74, 6) is 2.47. The maximum absolute atomic E-state index is 6.48. The molecule has 0 aliphatic heterocycles. The lowest BCUT2D eigenvalue weighted by molar-refractivity contribution is 0.672. The molecule has 0 saturated carbocycles. The Balaban J connectivity index is 0.000000133. The van der Waals surface area contributed by atoms with E-state index >= 15 is 0 Å². The normalized spacial score (nSPS) is 11.8. The van der Waals surface area contributed by atoms with Crippen molar-refractivity contribution in [3.63, 3.8) is 0 Å². The SMILES string of the molecule is c1ccc(-c2ccc(-c3nc(-n4c5ccccc5c5c6oc7ccccc7c6ccc54)nc4ccccc34)cc2)cc1.c1ccc(-c2nc(-c3ccccc3)nc(-n3c4ccccc4c4c5oc6ccccc6c5ccc43)n2)cc1. The quantitative estimate of drug-likeness (QED) is 0.163. The smallest absolute Gasteiger partial charge is 0.238 e. The second-order valence-corrected chi connectivity index (χ2v) is 19.9. The number of nitrogens with zero attached hydrogens (tertiary/aromatic N) is 7. The van der Waals surface area contributed by atoms with E-state index in [0.29, 0.717) is 23.5 Å². The van der Waals surface area contributed by atoms with Crippen LogP contribution in [0.5, 0.6) is 0 Å². The Kier molecular flexibility index (Phi) is 10.4. The third-order valence-corrected chi connectivity index (χ3v) is 15.3. The minimum atomic E-state index is 0.569. The predicted molar refractivity (Wildman–Crippen MR) is 324 cm³/mol. The van der Waals surface area contributed by atoms with E-state index in [1.165, 1.54) is 11.1 Å². The van der Waals surface area contributed by atoms with E-state index in [4.69, 9.17) is 33.8 Å². The first-order valence-corrected chi connectivity index (χ1v) is 26.7. The van der Waals surface area contributed by atoms with Gasteiger partial charge >= 0.3 is 0 Å². The molecule has 9 heteroatoms. The van der Waals surface area contributed by atoms with Gasteiger partial charge in [0.15, 0.2) is 11.6 Å². The molecule has 17 rings (SSSR count). The first kappa shape index (κ1) is 45.2. The first-order chi connectivity index (χ1) is 39.7. The van der Waals surface area contributed by atoms with E-state index in [1.807, 2.05) is 115 Å². The number of hydrogen-bond acceptors (Lipinski definition) is 7. The zero-order chi connectivity index (χ0) is 52.7. The summed E-state index contributed by atoms with van der Waals surface area (Å²) in [5.41, 5.74) is 14.7. The molecule has 0 spiro atoms. The van der Waals surface area contributed by atoms with Gasteiger partial charge < -0.3 is 8.83 Å². The van der Waals surface area contributed by atoms with Crippen molar-refractivity contribution in [1.82, 2.24) is 34.1 Å². The predicted octanol–water partition coefficient (Wildman–Crippen LogP) is 18.2. The van der Waals surface area contributed by atoms with Gasteiger partial charge in [-0.2, -0.15) is 9.97 Å². The summed E-state index contributed by atoms with van der Waals surface area (Å²) in [6.45, 7) is 0. The average molecular weight is 1030 g/mol. The van der Waals surface area contributed by atoms with Crippen LogP contribution < -0.4 is 0 Å². The minimum absolute atomic E-state index is 0.569. The topological polar surface area (TPSA) is 101 Å². The Morgan fingerprint density at radius 2 is 0.650 bits per heavy atom. The van der Waals surface area contributed by atoms with Crippen LogP contribution in [0.3, 0.4) is 0 Å². The van der Waals surface area contributed by atoms with Crippen LogP contribution in [-0.2, 0) is 0 Å². The molecule has 0 aliphatic rings. The van der Waals surface area contributed by atoms with Crippen LogP contribution in [0.2, 0.25) is 0 Å². The Labute approximate surface area is 456 Å². The van der Waals surface area contributed by atoms with Gasteiger partial charge in [-0.15, -0.1) is 0 Å². The van der Waals surface area contributed by atoms with Crippen LogP contribution in [-0.4, -0.2) is 34.1 Å². The van der Waals surface area contributed by atoms with Crippen LogP contribution in [0.4, 0.5) is 0 Å². The monoisotopic (exact) mass is 1030 g/mol. The van der Waals surface area contributed by atoms with Gasteiger partial charge in [0.1, 0.15) is 22.3 Å². The highest BCUT2D eigenvalue weighted by molar-refractivity contribution is 6.25. The lowest BCUT2D eigenvalue weighted by atomic mass is 10.0. The number of hydrogen-bond donors (Lipinski definition) is 0. The van der Waals surface area contributed by atoms with Gasteiger partial charge in [-0.1, -0.05) is 206 Å². The molecule has 374 valence electrons. The minimum Gasteiger partial charge on any atom is -0.455 e. The van der Waals surface area contributed by atoms with Crippen molar-refractivity contribution in [3.05, 3.63) is 261 Å². The molecule has 6 aromatic heterocycles. The lowest BCUT2D eigenvalue weighted by Gasteiger charge is -2.12. The maximum Gasteiger partial charge on any atom is 0.238 e. The van der Waals surface area contributed by atoms with Crippen LogP contribution in [0.15, 0.2) is 270 Å². The molecule has 11 aromatic carbocycles. The molecule has 80 heavy (non-hydrogen) atoms. The fourth-order valence-electron chi connectivity index (χ4n) is 11.6. The first-order valence-electron chi connectivity index (χ1n) is 26.7. The van der Waals surface area contributed by atoms with E-state index in [9.17, 15) is 0 Å². The molecule has 0 fully saturated rings. The van der Waals surface area contributed by atoms with Crippen molar-refractivity contribution in [3.8, 4) is 57.1 Å². The van der Waals surface area contributed by atoms with Crippen molar-refractivity contribution in [1.29, 1.82) is 0 Å². The number of aromatic nitrogens is 7. The number of benzene rings is 11. The standard InChI is InChI=1S/C38H23N3O.C33H20N4O/c1-2-10-24(11-3-1)25-18-20-26(21-19-25)36-29-13-4-7-15-31(29)39-38(40-36)41-32-16-8-5-14-30(32)35-33(41)23-22-28-27-12-6-9-17-34(27)42-37(28)35;1-3-11-21(12-4-1)31-34-32(22-13-5-2-6-14-22)36-33(35-31)37-26-17-9-7-16-25(26)29-27(37)20-19-24-23-15-8-10-18-28(23)38-30(24)29/h1-23H;1-20H. The van der Waals surface area contributed by atoms with Crippen LogP contribution in [0.25, 0.3) is 155 Å². The van der Waals surface area contributed by atoms with E-state index in [0.717, 1.165) is 121 Å². The van der Waals surface area contributed by atoms with Gasteiger partial charge in [-0.25, -0.2) is 15.0 Å². The zero-order valence-electron chi connectivity index (χ0n) is 42.8. The van der Waals surface area contributed by atoms with Crippen molar-refractivity contribution >= 4 is 98.4 Å². The van der Waals surface area contributed by atoms with Crippen molar-refractivity contribution < 1.29 is 8.83 Å². The van der Waals surface area contributed by atoms with Gasteiger partial charge in [-0.3, -0.25) is 9.13 Å². The third kappa shape index (κ3) is 7.29. The van der Waals surface area contributed by atoms with Crippen LogP contribution in [0, 0.1) is 0 Å². The average Bonchev–Trinajstić information content (AvgIpc) is 4.49. The summed E-state index contributed by atoms with van der Waals surface area (Å²) >= 11 is 0. The summed E-state index contributed by atoms with van der Waals surface area (Å²) < 4.78 is 17.2. The van der Waals surface area contributed by atoms with Gasteiger partial charge in [0.05, 0.1) is 44.0 Å². The van der Waals surface area contributed by atoms with Crippen LogP contribution in [0.1, 0.15) is 0 Å². The van der Waals surface area contributed by atoms with E-state index < -0.39 is 0 Å². The Bertz CT molecular complexity index is 5180. The summed E-state index contributed by atoms with van der Waals surface area (Å²) in [7, 11) is 0. The Morgan fingerprint density at radius 3 is 1.18 bits per heavy atom. The molecular weight excluding hydrogens is 983 g/mol. The molecule has 17 aromatic rings. The zero-order valence-corrected chi connectivity index (χ0v) is 42.8. The van der Waals surface area contributed by atoms with Crippen LogP contribution >= 0.6 is 0 Å². The molecule has 6 heterocycles. The van der Waals surface area contributed by atoms with E-state index in [2.05, 4.69) is 155 Å². The second kappa shape index (κ2) is 18.3. The fraction of sp³-hybridized carbons (Fsp3) is 0. The van der Waals surface area contributed by atoms with Gasteiger partial charge in [0.25, 0.3) is 0 Å². The molecule has 0 bridgehead atoms. The number of rotatable bonds is 6. The molecule has 9 nitrogen and oxygen atoms in total. The highest BCUT2D eigenvalue weighted by atomic mass is 16.3. The molecule has 0 N–H and O–H groups in total. The molecule has 0 amide bonds. The lowest BCUT2D eigenvalue weighted by Crippen LogP contribution is -2.06. The molecule has 0 radical (unpaired) electrons. The maximum atomic E-state index is 6.48. The number of fused-ring (bicyclic) bond motifs is 15. The molecule has 0 atom stereocenters. The van der Waals surface area contributed by atoms with E-state index in [-0.39, 0.29) is 0 Å². The molecule has 0 saturated heterocycles. The van der Waals surface area contributed by atoms with Crippen molar-refractivity contribution in [2.24, 2.45) is 0 Å². The summed E-state index contributed by atoms with van der Waals surface area (Å²) in [6, 6.07) is 89.2.